The van der Waals surface area contributed by atoms with Gasteiger partial charge >= 0.3 is 6.03 Å². The number of amides is 2. The highest BCUT2D eigenvalue weighted by Gasteiger charge is 2.08. The van der Waals surface area contributed by atoms with Gasteiger partial charge in [-0.15, -0.1) is 0 Å². The lowest BCUT2D eigenvalue weighted by molar-refractivity contribution is 0.238. The van der Waals surface area contributed by atoms with Crippen molar-refractivity contribution in [3.05, 3.63) is 30.1 Å². The first-order valence-corrected chi connectivity index (χ1v) is 4.69. The van der Waals surface area contributed by atoms with E-state index in [9.17, 15) is 4.79 Å². The van der Waals surface area contributed by atoms with Gasteiger partial charge in [0.2, 0.25) is 0 Å². The lowest BCUT2D eigenvalue weighted by atomic mass is 10.2. The van der Waals surface area contributed by atoms with Crippen molar-refractivity contribution in [3.63, 3.8) is 0 Å². The highest BCUT2D eigenvalue weighted by Crippen LogP contribution is 2.06. The third-order valence-electron chi connectivity index (χ3n) is 1.82. The molecule has 0 saturated carbocycles. The Balaban J connectivity index is 2.50. The van der Waals surface area contributed by atoms with Crippen molar-refractivity contribution in [2.45, 2.75) is 19.9 Å². The molecule has 2 N–H and O–H groups in total. The van der Waals surface area contributed by atoms with Crippen molar-refractivity contribution in [2.75, 3.05) is 6.54 Å². The minimum absolute atomic E-state index is 0.0669. The summed E-state index contributed by atoms with van der Waals surface area (Å²) in [4.78, 5) is 15.3. The van der Waals surface area contributed by atoms with Crippen molar-refractivity contribution < 1.29 is 4.79 Å². The number of hydrogen-bond acceptors (Lipinski definition) is 2. The molecule has 0 radical (unpaired) electrons. The predicted octanol–water partition coefficient (Wildman–Crippen LogP) is 1.46. The van der Waals surface area contributed by atoms with E-state index in [1.807, 2.05) is 32.0 Å². The van der Waals surface area contributed by atoms with Crippen LogP contribution in [0.1, 0.15) is 25.6 Å². The van der Waals surface area contributed by atoms with Gasteiger partial charge in [-0.25, -0.2) is 4.79 Å². The number of nitrogens with one attached hydrogen (secondary N) is 2. The first-order valence-electron chi connectivity index (χ1n) is 4.69. The molecule has 14 heavy (non-hydrogen) atoms. The normalized spacial score (nSPS) is 11.9. The lowest BCUT2D eigenvalue weighted by Crippen LogP contribution is -2.37. The van der Waals surface area contributed by atoms with Crippen LogP contribution in [0.4, 0.5) is 4.79 Å². The molecule has 4 nitrogen and oxygen atoms in total. The fourth-order valence-corrected chi connectivity index (χ4v) is 1.11. The molecule has 0 bridgehead atoms. The molecule has 0 aliphatic rings. The molecule has 0 fully saturated rings. The first-order chi connectivity index (χ1) is 6.74. The van der Waals surface area contributed by atoms with Gasteiger partial charge in [-0.05, 0) is 26.0 Å². The summed E-state index contributed by atoms with van der Waals surface area (Å²) in [5.41, 5.74) is 0.860. The number of rotatable bonds is 3. The Bertz CT molecular complexity index is 287. The molecule has 0 aromatic carbocycles. The zero-order valence-electron chi connectivity index (χ0n) is 8.45. The summed E-state index contributed by atoms with van der Waals surface area (Å²) in [6.07, 6.45) is 1.71. The van der Waals surface area contributed by atoms with Gasteiger partial charge in [-0.3, -0.25) is 4.98 Å². The molecular weight excluding hydrogens is 178 g/mol. The van der Waals surface area contributed by atoms with Crippen LogP contribution in [0.2, 0.25) is 0 Å². The SMILES string of the molecule is CCNC(=O)NC(C)c1ccccn1. The molecule has 1 atom stereocenters. The van der Waals surface area contributed by atoms with Crippen LogP contribution in [0.15, 0.2) is 24.4 Å². The van der Waals surface area contributed by atoms with Crippen molar-refractivity contribution in [3.8, 4) is 0 Å². The van der Waals surface area contributed by atoms with Crippen molar-refractivity contribution in [1.82, 2.24) is 15.6 Å². The van der Waals surface area contributed by atoms with E-state index in [4.69, 9.17) is 0 Å². The summed E-state index contributed by atoms with van der Waals surface area (Å²) < 4.78 is 0. The molecule has 0 spiro atoms. The summed E-state index contributed by atoms with van der Waals surface area (Å²) in [6.45, 7) is 4.41. The number of carbonyl (C=O) groups excluding carboxylic acids is 1. The number of hydrogen-bond donors (Lipinski definition) is 2. The molecule has 2 amide bonds. The smallest absolute Gasteiger partial charge is 0.315 e. The molecule has 1 aromatic heterocycles. The average Bonchev–Trinajstić information content (AvgIpc) is 2.19. The van der Waals surface area contributed by atoms with E-state index >= 15 is 0 Å². The van der Waals surface area contributed by atoms with Crippen molar-refractivity contribution in [1.29, 1.82) is 0 Å². The Morgan fingerprint density at radius 1 is 1.57 bits per heavy atom. The molecule has 1 rings (SSSR count). The van der Waals surface area contributed by atoms with Crippen LogP contribution < -0.4 is 10.6 Å². The van der Waals surface area contributed by atoms with Crippen LogP contribution in [0.25, 0.3) is 0 Å². The second-order valence-electron chi connectivity index (χ2n) is 2.98. The van der Waals surface area contributed by atoms with Crippen LogP contribution in [-0.2, 0) is 0 Å². The van der Waals surface area contributed by atoms with Gasteiger partial charge in [0.15, 0.2) is 0 Å². The van der Waals surface area contributed by atoms with Gasteiger partial charge < -0.3 is 10.6 Å². The number of nitrogens with zero attached hydrogens (tertiary/aromatic N) is 1. The summed E-state index contributed by atoms with van der Waals surface area (Å²) in [6, 6.07) is 5.41. The van der Waals surface area contributed by atoms with E-state index in [1.165, 1.54) is 0 Å². The van der Waals surface area contributed by atoms with Crippen LogP contribution in [-0.4, -0.2) is 17.6 Å². The quantitative estimate of drug-likeness (QED) is 0.763. The van der Waals surface area contributed by atoms with Crippen LogP contribution in [0.3, 0.4) is 0 Å². The van der Waals surface area contributed by atoms with E-state index in [0.717, 1.165) is 5.69 Å². The van der Waals surface area contributed by atoms with E-state index in [2.05, 4.69) is 15.6 Å². The first kappa shape index (κ1) is 10.5. The lowest BCUT2D eigenvalue weighted by Gasteiger charge is -2.13. The summed E-state index contributed by atoms with van der Waals surface area (Å²) in [5.74, 6) is 0. The van der Waals surface area contributed by atoms with E-state index < -0.39 is 0 Å². The average molecular weight is 193 g/mol. The van der Waals surface area contributed by atoms with Crippen molar-refractivity contribution in [2.24, 2.45) is 0 Å². The molecule has 76 valence electrons. The standard InChI is InChI=1S/C10H15N3O/c1-3-11-10(14)13-8(2)9-6-4-5-7-12-9/h4-8H,3H2,1-2H3,(H2,11,13,14). The summed E-state index contributed by atoms with van der Waals surface area (Å²) in [7, 11) is 0. The predicted molar refractivity (Wildman–Crippen MR) is 54.9 cm³/mol. The Morgan fingerprint density at radius 3 is 2.93 bits per heavy atom. The van der Waals surface area contributed by atoms with Crippen molar-refractivity contribution >= 4 is 6.03 Å². The van der Waals surface area contributed by atoms with Gasteiger partial charge in [0.25, 0.3) is 0 Å². The number of carbonyl (C=O) groups is 1. The third-order valence-corrected chi connectivity index (χ3v) is 1.82. The maximum absolute atomic E-state index is 11.2. The molecule has 1 aromatic rings. The fourth-order valence-electron chi connectivity index (χ4n) is 1.11. The van der Waals surface area contributed by atoms with E-state index in [0.29, 0.717) is 6.54 Å². The maximum Gasteiger partial charge on any atom is 0.315 e. The molecule has 0 aliphatic heterocycles. The van der Waals surface area contributed by atoms with Crippen LogP contribution in [0.5, 0.6) is 0 Å². The fraction of sp³-hybridized carbons (Fsp3) is 0.400. The molecule has 0 saturated heterocycles. The second kappa shape index (κ2) is 5.21. The highest BCUT2D eigenvalue weighted by molar-refractivity contribution is 5.74. The minimum Gasteiger partial charge on any atom is -0.338 e. The van der Waals surface area contributed by atoms with Gasteiger partial charge in [-0.1, -0.05) is 6.07 Å². The van der Waals surface area contributed by atoms with Crippen LogP contribution in [0, 0.1) is 0 Å². The highest BCUT2D eigenvalue weighted by atomic mass is 16.2. The second-order valence-corrected chi connectivity index (χ2v) is 2.98. The molecule has 4 heteroatoms. The topological polar surface area (TPSA) is 54.0 Å². The molecule has 0 aliphatic carbocycles. The number of urea groups is 1. The Hall–Kier alpha value is -1.58. The monoisotopic (exact) mass is 193 g/mol. The summed E-state index contributed by atoms with van der Waals surface area (Å²) in [5, 5.41) is 5.45. The van der Waals surface area contributed by atoms with Gasteiger partial charge in [0.1, 0.15) is 0 Å². The van der Waals surface area contributed by atoms with Gasteiger partial charge in [-0.2, -0.15) is 0 Å². The van der Waals surface area contributed by atoms with Gasteiger partial charge in [0.05, 0.1) is 11.7 Å². The zero-order valence-corrected chi connectivity index (χ0v) is 8.45. The van der Waals surface area contributed by atoms with Gasteiger partial charge in [0, 0.05) is 12.7 Å². The van der Waals surface area contributed by atoms with E-state index in [-0.39, 0.29) is 12.1 Å². The summed E-state index contributed by atoms with van der Waals surface area (Å²) >= 11 is 0. The maximum atomic E-state index is 11.2. The molecule has 1 heterocycles. The largest absolute Gasteiger partial charge is 0.338 e. The zero-order chi connectivity index (χ0) is 10.4. The Kier molecular flexibility index (Phi) is 3.91. The number of aromatic nitrogens is 1. The molecule has 1 unspecified atom stereocenters. The third kappa shape index (κ3) is 3.05. The minimum atomic E-state index is -0.161. The van der Waals surface area contributed by atoms with E-state index in [1.54, 1.807) is 6.20 Å². The van der Waals surface area contributed by atoms with Crippen LogP contribution >= 0.6 is 0 Å². The Labute approximate surface area is 83.7 Å². The molecular formula is C10H15N3O. The number of pyridine rings is 1. The Morgan fingerprint density at radius 2 is 2.36 bits per heavy atom.